The number of carboxylic acids is 1. The minimum atomic E-state index is -1.14. The van der Waals surface area contributed by atoms with E-state index in [9.17, 15) is 9.18 Å². The van der Waals surface area contributed by atoms with E-state index in [4.69, 9.17) is 9.84 Å². The Hall–Kier alpha value is -2.44. The number of aromatic carboxylic acids is 1. The molecule has 0 radical (unpaired) electrons. The summed E-state index contributed by atoms with van der Waals surface area (Å²) in [7, 11) is 0. The molecule has 116 valence electrons. The zero-order valence-corrected chi connectivity index (χ0v) is 11.8. The van der Waals surface area contributed by atoms with Crippen LogP contribution in [0.1, 0.15) is 47.7 Å². The van der Waals surface area contributed by atoms with E-state index in [-0.39, 0.29) is 23.5 Å². The second-order valence-corrected chi connectivity index (χ2v) is 5.44. The Morgan fingerprint density at radius 2 is 1.91 bits per heavy atom. The molecule has 22 heavy (non-hydrogen) atoms. The lowest BCUT2D eigenvalue weighted by atomic mass is 9.83. The van der Waals surface area contributed by atoms with Gasteiger partial charge >= 0.3 is 5.97 Å². The Morgan fingerprint density at radius 1 is 1.23 bits per heavy atom. The van der Waals surface area contributed by atoms with Crippen molar-refractivity contribution < 1.29 is 19.0 Å². The highest BCUT2D eigenvalue weighted by Crippen LogP contribution is 2.34. The number of aromatic nitrogens is 3. The number of halogens is 1. The number of H-pyrrole nitrogens is 1. The largest absolute Gasteiger partial charge is 0.476 e. The summed E-state index contributed by atoms with van der Waals surface area (Å²) in [4.78, 5) is 11.0. The molecule has 0 aliphatic heterocycles. The van der Waals surface area contributed by atoms with Crippen molar-refractivity contribution in [3.63, 3.8) is 0 Å². The highest BCUT2D eigenvalue weighted by molar-refractivity contribution is 5.87. The molecule has 1 aromatic carbocycles. The van der Waals surface area contributed by atoms with E-state index in [1.165, 1.54) is 12.1 Å². The monoisotopic (exact) mass is 305 g/mol. The van der Waals surface area contributed by atoms with Crippen LogP contribution in [-0.4, -0.2) is 32.6 Å². The second-order valence-electron chi connectivity index (χ2n) is 5.44. The van der Waals surface area contributed by atoms with E-state index in [2.05, 4.69) is 15.4 Å². The quantitative estimate of drug-likeness (QED) is 0.906. The molecule has 0 atom stereocenters. The van der Waals surface area contributed by atoms with Gasteiger partial charge < -0.3 is 9.84 Å². The maximum absolute atomic E-state index is 12.9. The number of hydrogen-bond acceptors (Lipinski definition) is 4. The third-order valence-electron chi connectivity index (χ3n) is 4.02. The van der Waals surface area contributed by atoms with Gasteiger partial charge in [-0.1, -0.05) is 22.4 Å². The maximum atomic E-state index is 12.9. The van der Waals surface area contributed by atoms with E-state index in [1.807, 2.05) is 12.1 Å². The molecule has 3 rings (SSSR count). The van der Waals surface area contributed by atoms with E-state index in [1.54, 1.807) is 0 Å². The van der Waals surface area contributed by atoms with Crippen molar-refractivity contribution in [3.8, 4) is 5.88 Å². The van der Waals surface area contributed by atoms with Crippen molar-refractivity contribution in [2.45, 2.75) is 37.7 Å². The summed E-state index contributed by atoms with van der Waals surface area (Å²) in [5.74, 6) is -0.942. The molecule has 0 spiro atoms. The van der Waals surface area contributed by atoms with Crippen molar-refractivity contribution in [3.05, 3.63) is 41.3 Å². The molecular weight excluding hydrogens is 289 g/mol. The lowest BCUT2D eigenvalue weighted by molar-refractivity contribution is 0.0678. The molecule has 1 fully saturated rings. The zero-order valence-electron chi connectivity index (χ0n) is 11.8. The van der Waals surface area contributed by atoms with Gasteiger partial charge in [0.05, 0.1) is 0 Å². The van der Waals surface area contributed by atoms with Crippen LogP contribution in [0.3, 0.4) is 0 Å². The van der Waals surface area contributed by atoms with Crippen molar-refractivity contribution in [1.82, 2.24) is 15.4 Å². The fourth-order valence-corrected chi connectivity index (χ4v) is 2.85. The molecule has 1 aliphatic rings. The molecule has 0 unspecified atom stereocenters. The predicted octanol–water partition coefficient (Wildman–Crippen LogP) is 2.75. The van der Waals surface area contributed by atoms with Crippen LogP contribution in [0.15, 0.2) is 24.3 Å². The van der Waals surface area contributed by atoms with E-state index < -0.39 is 5.97 Å². The van der Waals surface area contributed by atoms with Crippen molar-refractivity contribution in [2.24, 2.45) is 0 Å². The molecule has 0 saturated heterocycles. The number of rotatable bonds is 4. The van der Waals surface area contributed by atoms with Gasteiger partial charge in [0.25, 0.3) is 5.88 Å². The van der Waals surface area contributed by atoms with E-state index in [0.717, 1.165) is 31.2 Å². The highest BCUT2D eigenvalue weighted by atomic mass is 19.1. The van der Waals surface area contributed by atoms with Crippen molar-refractivity contribution in [2.75, 3.05) is 0 Å². The van der Waals surface area contributed by atoms with Gasteiger partial charge in [0, 0.05) is 0 Å². The molecule has 1 aliphatic carbocycles. The molecule has 0 amide bonds. The molecule has 6 nitrogen and oxygen atoms in total. The standard InChI is InChI=1S/C15H16FN3O3/c16-11-5-1-9(2-6-11)10-3-7-12(8-4-10)22-14-13(15(20)21)17-19-18-14/h1-2,5-6,10,12H,3-4,7-8H2,(H,20,21)(H,17,18,19)/t10-,12-. The van der Waals surface area contributed by atoms with Gasteiger partial charge in [0.15, 0.2) is 0 Å². The zero-order chi connectivity index (χ0) is 15.5. The van der Waals surface area contributed by atoms with Gasteiger partial charge in [-0.25, -0.2) is 14.3 Å². The number of ether oxygens (including phenoxy) is 1. The number of carboxylic acid groups (broad SMARTS) is 1. The van der Waals surface area contributed by atoms with E-state index >= 15 is 0 Å². The fourth-order valence-electron chi connectivity index (χ4n) is 2.85. The van der Waals surface area contributed by atoms with Gasteiger partial charge in [0.1, 0.15) is 11.9 Å². The summed E-state index contributed by atoms with van der Waals surface area (Å²) >= 11 is 0. The Kier molecular flexibility index (Phi) is 4.04. The first-order valence-electron chi connectivity index (χ1n) is 7.20. The normalized spacial score (nSPS) is 21.5. The molecule has 0 bridgehead atoms. The van der Waals surface area contributed by atoms with Crippen LogP contribution in [0.25, 0.3) is 0 Å². The number of carbonyl (C=O) groups is 1. The number of benzene rings is 1. The van der Waals surface area contributed by atoms with Crippen LogP contribution >= 0.6 is 0 Å². The summed E-state index contributed by atoms with van der Waals surface area (Å²) in [6, 6.07) is 6.60. The van der Waals surface area contributed by atoms with Gasteiger partial charge in [-0.3, -0.25) is 0 Å². The lowest BCUT2D eigenvalue weighted by Crippen LogP contribution is -2.24. The third-order valence-corrected chi connectivity index (χ3v) is 4.02. The number of aromatic amines is 1. The highest BCUT2D eigenvalue weighted by Gasteiger charge is 2.26. The second kappa shape index (κ2) is 6.13. The topological polar surface area (TPSA) is 88.1 Å². The van der Waals surface area contributed by atoms with Crippen LogP contribution in [-0.2, 0) is 0 Å². The smallest absolute Gasteiger partial charge is 0.359 e. The Balaban J connectivity index is 1.59. The van der Waals surface area contributed by atoms with E-state index in [0.29, 0.717) is 5.92 Å². The first-order valence-corrected chi connectivity index (χ1v) is 7.20. The first-order chi connectivity index (χ1) is 10.6. The fraction of sp³-hybridized carbons (Fsp3) is 0.400. The minimum absolute atomic E-state index is 0.0396. The maximum Gasteiger partial charge on any atom is 0.359 e. The Bertz CT molecular complexity index is 648. The van der Waals surface area contributed by atoms with Crippen LogP contribution in [0.4, 0.5) is 4.39 Å². The number of nitrogens with one attached hydrogen (secondary N) is 1. The van der Waals surface area contributed by atoms with Crippen LogP contribution in [0.2, 0.25) is 0 Å². The summed E-state index contributed by atoms with van der Waals surface area (Å²) < 4.78 is 18.6. The van der Waals surface area contributed by atoms with Crippen LogP contribution < -0.4 is 4.74 Å². The molecule has 1 heterocycles. The third kappa shape index (κ3) is 3.08. The van der Waals surface area contributed by atoms with Crippen LogP contribution in [0, 0.1) is 5.82 Å². The predicted molar refractivity (Wildman–Crippen MR) is 75.4 cm³/mol. The van der Waals surface area contributed by atoms with Gasteiger partial charge in [-0.15, -0.1) is 0 Å². The minimum Gasteiger partial charge on any atom is -0.476 e. The average molecular weight is 305 g/mol. The number of nitrogens with zero attached hydrogens (tertiary/aromatic N) is 2. The number of hydrogen-bond donors (Lipinski definition) is 2. The lowest BCUT2D eigenvalue weighted by Gasteiger charge is -2.28. The SMILES string of the molecule is O=C(O)c1[nH]nnc1O[C@H]1CC[C@H](c2ccc(F)cc2)CC1. The summed E-state index contributed by atoms with van der Waals surface area (Å²) in [5, 5.41) is 18.4. The van der Waals surface area contributed by atoms with Gasteiger partial charge in [-0.2, -0.15) is 0 Å². The summed E-state index contributed by atoms with van der Waals surface area (Å²) in [6.45, 7) is 0. The Morgan fingerprint density at radius 3 is 2.55 bits per heavy atom. The Labute approximate surface area is 126 Å². The van der Waals surface area contributed by atoms with Crippen molar-refractivity contribution in [1.29, 1.82) is 0 Å². The van der Waals surface area contributed by atoms with Crippen LogP contribution in [0.5, 0.6) is 5.88 Å². The molecule has 2 aromatic rings. The molecular formula is C15H16FN3O3. The van der Waals surface area contributed by atoms with Crippen molar-refractivity contribution >= 4 is 5.97 Å². The molecule has 1 aromatic heterocycles. The summed E-state index contributed by atoms with van der Waals surface area (Å²) in [6.07, 6.45) is 3.36. The van der Waals surface area contributed by atoms with Gasteiger partial charge in [-0.05, 0) is 49.3 Å². The molecule has 7 heteroatoms. The average Bonchev–Trinajstić information content (AvgIpc) is 2.97. The van der Waals surface area contributed by atoms with Gasteiger partial charge in [0.2, 0.25) is 5.69 Å². The summed E-state index contributed by atoms with van der Waals surface area (Å²) in [5.41, 5.74) is 1.01. The first kappa shape index (κ1) is 14.5. The molecule has 1 saturated carbocycles. The molecule has 2 N–H and O–H groups in total.